The summed E-state index contributed by atoms with van der Waals surface area (Å²) < 4.78 is 0. The molecule has 0 unspecified atom stereocenters. The van der Waals surface area contributed by atoms with Gasteiger partial charge in [0.25, 0.3) is 0 Å². The number of carbonyl (C=O) groups excluding carboxylic acids is 1. The number of hydrogen-bond acceptors (Lipinski definition) is 3. The number of allylic oxidation sites excluding steroid dienone is 2. The number of aliphatic hydroxyl groups is 1. The molecule has 4 heteroatoms. The zero-order valence-electron chi connectivity index (χ0n) is 19.3. The van der Waals surface area contributed by atoms with E-state index in [-0.39, 0.29) is 42.5 Å². The van der Waals surface area contributed by atoms with E-state index in [1.54, 1.807) is 0 Å². The van der Waals surface area contributed by atoms with E-state index in [0.717, 1.165) is 11.3 Å². The fourth-order valence-electron chi connectivity index (χ4n) is 5.02. The zero-order chi connectivity index (χ0) is 22.6. The van der Waals surface area contributed by atoms with E-state index in [0.29, 0.717) is 0 Å². The van der Waals surface area contributed by atoms with Crippen LogP contribution in [-0.4, -0.2) is 15.9 Å². The van der Waals surface area contributed by atoms with Crippen LogP contribution >= 0.6 is 0 Å². The van der Waals surface area contributed by atoms with Crippen molar-refractivity contribution in [2.24, 2.45) is 0 Å². The molecular weight excluding hydrogens is 575 g/mol. The molecule has 0 saturated carbocycles. The van der Waals surface area contributed by atoms with E-state index in [1.165, 1.54) is 53.3 Å². The van der Waals surface area contributed by atoms with Gasteiger partial charge in [-0.25, -0.2) is 0 Å². The van der Waals surface area contributed by atoms with Crippen LogP contribution in [0.3, 0.4) is 0 Å². The summed E-state index contributed by atoms with van der Waals surface area (Å²) >= 11 is 0. The Hall–Kier alpha value is -2.55. The van der Waals surface area contributed by atoms with E-state index in [1.807, 2.05) is 6.20 Å². The average molecular weight is 603 g/mol. The van der Waals surface area contributed by atoms with Gasteiger partial charge in [-0.3, -0.25) is 4.79 Å². The Bertz CT molecular complexity index is 1230. The number of aliphatic hydroxyl groups excluding tert-OH is 1. The summed E-state index contributed by atoms with van der Waals surface area (Å²) in [6.45, 7) is 12.2. The van der Waals surface area contributed by atoms with Crippen LogP contribution in [0.25, 0.3) is 22.4 Å². The van der Waals surface area contributed by atoms with Crippen LogP contribution in [-0.2, 0) is 35.7 Å². The second kappa shape index (κ2) is 8.42. The minimum Gasteiger partial charge on any atom is -0.512 e. The first-order chi connectivity index (χ1) is 14.6. The number of pyridine rings is 1. The van der Waals surface area contributed by atoms with E-state index < -0.39 is 0 Å². The van der Waals surface area contributed by atoms with Gasteiger partial charge < -0.3 is 10.1 Å². The Morgan fingerprint density at radius 3 is 2.03 bits per heavy atom. The molecule has 1 aromatic heterocycles. The van der Waals surface area contributed by atoms with Crippen LogP contribution in [0.2, 0.25) is 0 Å². The van der Waals surface area contributed by atoms with E-state index >= 15 is 0 Å². The van der Waals surface area contributed by atoms with Gasteiger partial charge in [0.15, 0.2) is 5.78 Å². The first kappa shape index (κ1) is 24.1. The van der Waals surface area contributed by atoms with Crippen LogP contribution in [0.15, 0.2) is 60.5 Å². The van der Waals surface area contributed by atoms with Crippen molar-refractivity contribution in [3.8, 4) is 22.4 Å². The van der Waals surface area contributed by atoms with Crippen LogP contribution < -0.4 is 0 Å². The topological polar surface area (TPSA) is 50.2 Å². The third-order valence-corrected chi connectivity index (χ3v) is 6.46. The van der Waals surface area contributed by atoms with Crippen molar-refractivity contribution in [1.29, 1.82) is 0 Å². The van der Waals surface area contributed by atoms with Gasteiger partial charge in [0.1, 0.15) is 0 Å². The largest absolute Gasteiger partial charge is 0.512 e. The molecule has 0 bridgehead atoms. The number of hydrogen-bond donors (Lipinski definition) is 1. The van der Waals surface area contributed by atoms with Gasteiger partial charge in [-0.15, -0.1) is 29.3 Å². The minimum atomic E-state index is -0.125. The third kappa shape index (κ3) is 3.66. The van der Waals surface area contributed by atoms with Gasteiger partial charge in [-0.05, 0) is 42.1 Å². The summed E-state index contributed by atoms with van der Waals surface area (Å²) in [6, 6.07) is 18.9. The van der Waals surface area contributed by atoms with E-state index in [9.17, 15) is 4.79 Å². The van der Waals surface area contributed by atoms with Crippen molar-refractivity contribution in [3.63, 3.8) is 0 Å². The number of benzene rings is 2. The maximum Gasteiger partial charge on any atom is 0.155 e. The van der Waals surface area contributed by atoms with E-state index in [2.05, 4.69) is 76.2 Å². The Balaban J connectivity index is 0.000000318. The Labute approximate surface area is 204 Å². The Morgan fingerprint density at radius 2 is 1.47 bits per heavy atom. The number of fused-ring (bicyclic) bond motifs is 2. The second-order valence-corrected chi connectivity index (χ2v) is 9.42. The smallest absolute Gasteiger partial charge is 0.155 e. The van der Waals surface area contributed by atoms with Gasteiger partial charge in [0, 0.05) is 37.8 Å². The standard InChI is InChI=1S/C23H20N.C5H8O2.Ir/c1-22(2)15-9-5-8-14-19(15)20-16(22)10-6-11-17(20)23(3,4)18-12-7-13-24-21(14)18;1-4(6)3-5(2)7;/h5-7,9-13H,1-4H3;3,6H,1-2H3;/q-1;;/b;4-3-;. The molecular formula is C28H28IrNO2-. The number of aromatic nitrogens is 1. The molecule has 0 aliphatic heterocycles. The van der Waals surface area contributed by atoms with Crippen LogP contribution in [0.5, 0.6) is 0 Å². The first-order valence-electron chi connectivity index (χ1n) is 10.6. The summed E-state index contributed by atoms with van der Waals surface area (Å²) in [6.07, 6.45) is 3.07. The first-order valence-corrected chi connectivity index (χ1v) is 10.6. The predicted molar refractivity (Wildman–Crippen MR) is 125 cm³/mol. The molecule has 3 nitrogen and oxygen atoms in total. The van der Waals surface area contributed by atoms with Crippen LogP contribution in [0, 0.1) is 6.07 Å². The molecule has 1 N–H and O–H groups in total. The quantitative estimate of drug-likeness (QED) is 0.196. The average Bonchev–Trinajstić information content (AvgIpc) is 2.90. The molecule has 2 aliphatic rings. The molecule has 5 rings (SSSR count). The number of carbonyl (C=O) groups is 1. The van der Waals surface area contributed by atoms with Gasteiger partial charge >= 0.3 is 0 Å². The van der Waals surface area contributed by atoms with Crippen molar-refractivity contribution in [2.75, 3.05) is 0 Å². The summed E-state index contributed by atoms with van der Waals surface area (Å²) in [7, 11) is 0. The molecule has 167 valence electrons. The molecule has 32 heavy (non-hydrogen) atoms. The molecule has 0 amide bonds. The fourth-order valence-corrected chi connectivity index (χ4v) is 5.02. The Morgan fingerprint density at radius 1 is 0.906 bits per heavy atom. The summed E-state index contributed by atoms with van der Waals surface area (Å²) in [5.74, 6) is -0.0625. The third-order valence-electron chi connectivity index (χ3n) is 6.46. The zero-order valence-corrected chi connectivity index (χ0v) is 21.7. The van der Waals surface area contributed by atoms with Crippen molar-refractivity contribution in [3.05, 3.63) is 88.8 Å². The fraction of sp³-hybridized carbons (Fsp3) is 0.286. The normalized spacial score (nSPS) is 15.9. The van der Waals surface area contributed by atoms with Crippen LogP contribution in [0.4, 0.5) is 0 Å². The number of ketones is 1. The van der Waals surface area contributed by atoms with Crippen molar-refractivity contribution in [2.45, 2.75) is 52.4 Å². The maximum atomic E-state index is 10.0. The van der Waals surface area contributed by atoms with Gasteiger partial charge in [-0.1, -0.05) is 68.7 Å². The van der Waals surface area contributed by atoms with Gasteiger partial charge in [0.05, 0.1) is 5.76 Å². The summed E-state index contributed by atoms with van der Waals surface area (Å²) in [5, 5.41) is 8.36. The summed E-state index contributed by atoms with van der Waals surface area (Å²) in [5.41, 5.74) is 10.4. The van der Waals surface area contributed by atoms with Gasteiger partial charge in [-0.2, -0.15) is 0 Å². The molecule has 2 aliphatic carbocycles. The second-order valence-electron chi connectivity index (χ2n) is 9.42. The van der Waals surface area contributed by atoms with Crippen LogP contribution in [0.1, 0.15) is 63.8 Å². The molecule has 1 heterocycles. The van der Waals surface area contributed by atoms with Crippen molar-refractivity contribution >= 4 is 5.78 Å². The van der Waals surface area contributed by atoms with Crippen molar-refractivity contribution in [1.82, 2.24) is 4.98 Å². The maximum absolute atomic E-state index is 10.0. The van der Waals surface area contributed by atoms with E-state index in [4.69, 9.17) is 10.1 Å². The number of nitrogens with zero attached hydrogens (tertiary/aromatic N) is 1. The molecule has 0 spiro atoms. The number of rotatable bonds is 1. The Kier molecular flexibility index (Phi) is 6.34. The molecule has 2 aromatic carbocycles. The molecule has 0 fully saturated rings. The molecule has 0 atom stereocenters. The minimum absolute atomic E-state index is 0. The summed E-state index contributed by atoms with van der Waals surface area (Å²) in [4.78, 5) is 14.8. The van der Waals surface area contributed by atoms with Gasteiger partial charge in [0.2, 0.25) is 0 Å². The van der Waals surface area contributed by atoms with Crippen molar-refractivity contribution < 1.29 is 30.0 Å². The molecule has 0 saturated heterocycles. The SMILES string of the molecule is CC(=O)/C=C(/C)O.CC1(C)c2cccnc2-c2[c-]ccc3c2-c2c1cccc2C3(C)C.[Ir]. The predicted octanol–water partition coefficient (Wildman–Crippen LogP) is 6.53. The molecule has 1 radical (unpaired) electrons. The molecule has 3 aromatic rings. The monoisotopic (exact) mass is 603 g/mol.